The lowest BCUT2D eigenvalue weighted by atomic mass is 10.3. The summed E-state index contributed by atoms with van der Waals surface area (Å²) in [4.78, 5) is 14.9. The van der Waals surface area contributed by atoms with Crippen LogP contribution in [0.2, 0.25) is 0 Å². The molecule has 0 aliphatic carbocycles. The molecule has 0 aliphatic heterocycles. The predicted molar refractivity (Wildman–Crippen MR) is 67.9 cm³/mol. The van der Waals surface area contributed by atoms with Gasteiger partial charge in [-0.15, -0.1) is 11.3 Å². The summed E-state index contributed by atoms with van der Waals surface area (Å²) in [7, 11) is 0. The molecule has 0 radical (unpaired) electrons. The van der Waals surface area contributed by atoms with E-state index >= 15 is 0 Å². The van der Waals surface area contributed by atoms with Gasteiger partial charge in [-0.25, -0.2) is 4.98 Å². The highest BCUT2D eigenvalue weighted by Gasteiger charge is 2.11. The van der Waals surface area contributed by atoms with Crippen molar-refractivity contribution >= 4 is 29.1 Å². The molecule has 1 aromatic heterocycles. The number of carboxylic acid groups (broad SMARTS) is 1. The van der Waals surface area contributed by atoms with Gasteiger partial charge in [-0.2, -0.15) is 11.8 Å². The zero-order valence-electron chi connectivity index (χ0n) is 9.18. The molecule has 0 amide bonds. The van der Waals surface area contributed by atoms with Gasteiger partial charge >= 0.3 is 5.97 Å². The van der Waals surface area contributed by atoms with Gasteiger partial charge in [-0.3, -0.25) is 4.79 Å². The van der Waals surface area contributed by atoms with E-state index in [9.17, 15) is 4.79 Å². The van der Waals surface area contributed by atoms with E-state index in [2.05, 4.69) is 11.9 Å². The molecule has 0 saturated carbocycles. The molecule has 1 aromatic rings. The quantitative estimate of drug-likeness (QED) is 0.781. The number of nitrogens with zero attached hydrogens (tertiary/aromatic N) is 1. The Morgan fingerprint density at radius 3 is 3.12 bits per heavy atom. The van der Waals surface area contributed by atoms with Crippen LogP contribution in [0.4, 0.5) is 0 Å². The largest absolute Gasteiger partial charge is 0.480 e. The number of aryl methyl sites for hydroxylation is 1. The van der Waals surface area contributed by atoms with Gasteiger partial charge in [-0.1, -0.05) is 6.92 Å². The molecule has 4 nitrogen and oxygen atoms in total. The van der Waals surface area contributed by atoms with Crippen molar-refractivity contribution in [2.75, 3.05) is 5.75 Å². The number of thiazole rings is 1. The number of rotatable bonds is 7. The highest BCUT2D eigenvalue weighted by atomic mass is 32.2. The molecule has 0 spiro atoms. The zero-order valence-corrected chi connectivity index (χ0v) is 10.8. The van der Waals surface area contributed by atoms with Crippen molar-refractivity contribution in [3.63, 3.8) is 0 Å². The standard InChI is InChI=1S/C10H16N2O2S2/c1-2-3-9-12-7(5-16-9)4-15-6-8(11)10(13)14/h5,8H,2-4,6,11H2,1H3,(H,13,14). The molecule has 16 heavy (non-hydrogen) atoms. The average Bonchev–Trinajstić information content (AvgIpc) is 2.66. The fourth-order valence-electron chi connectivity index (χ4n) is 1.11. The molecular formula is C10H16N2O2S2. The molecule has 0 aliphatic rings. The van der Waals surface area contributed by atoms with Crippen molar-refractivity contribution in [1.82, 2.24) is 4.98 Å². The Hall–Kier alpha value is -0.590. The first-order valence-corrected chi connectivity index (χ1v) is 7.16. The van der Waals surface area contributed by atoms with Crippen molar-refractivity contribution in [3.05, 3.63) is 16.1 Å². The second-order valence-electron chi connectivity index (χ2n) is 3.44. The minimum absolute atomic E-state index is 0.427. The van der Waals surface area contributed by atoms with Gasteiger partial charge in [0.1, 0.15) is 6.04 Å². The van der Waals surface area contributed by atoms with Crippen LogP contribution in [-0.4, -0.2) is 27.9 Å². The van der Waals surface area contributed by atoms with E-state index in [1.807, 2.05) is 5.38 Å². The highest BCUT2D eigenvalue weighted by molar-refractivity contribution is 7.98. The first-order chi connectivity index (χ1) is 7.63. The van der Waals surface area contributed by atoms with Crippen LogP contribution in [0.25, 0.3) is 0 Å². The number of carboxylic acids is 1. The van der Waals surface area contributed by atoms with E-state index in [-0.39, 0.29) is 0 Å². The maximum atomic E-state index is 10.5. The topological polar surface area (TPSA) is 76.2 Å². The number of nitrogens with two attached hydrogens (primary N) is 1. The molecule has 1 heterocycles. The molecule has 6 heteroatoms. The maximum absolute atomic E-state index is 10.5. The lowest BCUT2D eigenvalue weighted by Gasteiger charge is -2.04. The first-order valence-electron chi connectivity index (χ1n) is 5.13. The Kier molecular flexibility index (Phi) is 5.79. The second kappa shape index (κ2) is 6.88. The third-order valence-electron chi connectivity index (χ3n) is 1.93. The third kappa shape index (κ3) is 4.51. The third-order valence-corrected chi connectivity index (χ3v) is 3.98. The summed E-state index contributed by atoms with van der Waals surface area (Å²) in [6.45, 7) is 2.13. The molecule has 0 aromatic carbocycles. The summed E-state index contributed by atoms with van der Waals surface area (Å²) in [5.41, 5.74) is 6.42. The van der Waals surface area contributed by atoms with Crippen LogP contribution in [0.3, 0.4) is 0 Å². The van der Waals surface area contributed by atoms with Crippen LogP contribution in [0.15, 0.2) is 5.38 Å². The summed E-state index contributed by atoms with van der Waals surface area (Å²) in [6.07, 6.45) is 2.12. The van der Waals surface area contributed by atoms with Crippen molar-refractivity contribution in [1.29, 1.82) is 0 Å². The summed E-state index contributed by atoms with van der Waals surface area (Å²) in [5, 5.41) is 11.8. The van der Waals surface area contributed by atoms with Gasteiger partial charge < -0.3 is 10.8 Å². The lowest BCUT2D eigenvalue weighted by Crippen LogP contribution is -2.32. The van der Waals surface area contributed by atoms with Crippen molar-refractivity contribution in [2.24, 2.45) is 5.73 Å². The first kappa shape index (κ1) is 13.5. The van der Waals surface area contributed by atoms with Gasteiger partial charge in [0.15, 0.2) is 0 Å². The number of aromatic nitrogens is 1. The Morgan fingerprint density at radius 1 is 1.75 bits per heavy atom. The summed E-state index contributed by atoms with van der Waals surface area (Å²) >= 11 is 3.18. The number of hydrogen-bond acceptors (Lipinski definition) is 5. The van der Waals surface area contributed by atoms with E-state index in [4.69, 9.17) is 10.8 Å². The Balaban J connectivity index is 2.29. The van der Waals surface area contributed by atoms with E-state index in [0.717, 1.165) is 29.3 Å². The second-order valence-corrected chi connectivity index (χ2v) is 5.42. The maximum Gasteiger partial charge on any atom is 0.321 e. The Morgan fingerprint density at radius 2 is 2.50 bits per heavy atom. The minimum Gasteiger partial charge on any atom is -0.480 e. The molecule has 3 N–H and O–H groups in total. The van der Waals surface area contributed by atoms with Crippen LogP contribution in [0.1, 0.15) is 24.0 Å². The summed E-state index contributed by atoms with van der Waals surface area (Å²) in [5.74, 6) is 0.217. The molecule has 0 bridgehead atoms. The van der Waals surface area contributed by atoms with E-state index in [1.54, 1.807) is 11.3 Å². The smallest absolute Gasteiger partial charge is 0.321 e. The van der Waals surface area contributed by atoms with Crippen molar-refractivity contribution < 1.29 is 9.90 Å². The molecule has 90 valence electrons. The van der Waals surface area contributed by atoms with E-state index < -0.39 is 12.0 Å². The molecule has 0 saturated heterocycles. The molecule has 1 rings (SSSR count). The Labute approximate surface area is 103 Å². The number of aliphatic carboxylic acids is 1. The van der Waals surface area contributed by atoms with Crippen LogP contribution in [0.5, 0.6) is 0 Å². The summed E-state index contributed by atoms with van der Waals surface area (Å²) < 4.78 is 0. The lowest BCUT2D eigenvalue weighted by molar-refractivity contribution is -0.137. The monoisotopic (exact) mass is 260 g/mol. The van der Waals surface area contributed by atoms with Gasteiger partial charge in [0.05, 0.1) is 10.7 Å². The average molecular weight is 260 g/mol. The predicted octanol–water partition coefficient (Wildman–Crippen LogP) is 1.74. The van der Waals surface area contributed by atoms with E-state index in [1.165, 1.54) is 11.8 Å². The van der Waals surface area contributed by atoms with Crippen LogP contribution in [-0.2, 0) is 17.0 Å². The molecule has 1 unspecified atom stereocenters. The van der Waals surface area contributed by atoms with Crippen molar-refractivity contribution in [3.8, 4) is 0 Å². The number of carbonyl (C=O) groups is 1. The van der Waals surface area contributed by atoms with Crippen molar-refractivity contribution in [2.45, 2.75) is 31.6 Å². The van der Waals surface area contributed by atoms with Gasteiger partial charge in [0.25, 0.3) is 0 Å². The normalized spacial score (nSPS) is 12.6. The minimum atomic E-state index is -0.947. The highest BCUT2D eigenvalue weighted by Crippen LogP contribution is 2.17. The fourth-order valence-corrected chi connectivity index (χ4v) is 2.98. The zero-order chi connectivity index (χ0) is 12.0. The number of thioether (sulfide) groups is 1. The van der Waals surface area contributed by atoms with Gasteiger partial charge in [-0.05, 0) is 12.8 Å². The number of hydrogen-bond donors (Lipinski definition) is 2. The van der Waals surface area contributed by atoms with Crippen LogP contribution < -0.4 is 5.73 Å². The molecular weight excluding hydrogens is 244 g/mol. The van der Waals surface area contributed by atoms with Gasteiger partial charge in [0, 0.05) is 16.9 Å². The van der Waals surface area contributed by atoms with Crippen LogP contribution >= 0.6 is 23.1 Å². The fraction of sp³-hybridized carbons (Fsp3) is 0.600. The van der Waals surface area contributed by atoms with E-state index in [0.29, 0.717) is 5.75 Å². The SMILES string of the molecule is CCCc1nc(CSCC(N)C(=O)O)cs1. The molecule has 0 fully saturated rings. The summed E-state index contributed by atoms with van der Waals surface area (Å²) in [6, 6.07) is -0.779. The van der Waals surface area contributed by atoms with Crippen LogP contribution in [0, 0.1) is 0 Å². The Bertz CT molecular complexity index is 341. The molecule has 1 atom stereocenters. The van der Waals surface area contributed by atoms with Gasteiger partial charge in [0.2, 0.25) is 0 Å².